The Hall–Kier alpha value is -4.12. The number of fused-ring (bicyclic) bond motifs is 1. The number of rotatable bonds is 5. The molecule has 3 aromatic heterocycles. The summed E-state index contributed by atoms with van der Waals surface area (Å²) in [7, 11) is 0. The van der Waals surface area contributed by atoms with Crippen LogP contribution in [-0.2, 0) is 6.61 Å². The second kappa shape index (κ2) is 7.25. The summed E-state index contributed by atoms with van der Waals surface area (Å²) in [5.41, 5.74) is 2.43. The summed E-state index contributed by atoms with van der Waals surface area (Å²) < 4.78 is 11.2. The van der Waals surface area contributed by atoms with E-state index in [2.05, 4.69) is 26.6 Å². The third-order valence-electron chi connectivity index (χ3n) is 4.12. The highest BCUT2D eigenvalue weighted by Crippen LogP contribution is 2.20. The molecule has 4 aromatic rings. The highest BCUT2D eigenvalue weighted by Gasteiger charge is 2.14. The highest BCUT2D eigenvalue weighted by molar-refractivity contribution is 6.03. The van der Waals surface area contributed by atoms with Gasteiger partial charge in [0.2, 0.25) is 0 Å². The molecule has 0 unspecified atom stereocenters. The Bertz CT molecular complexity index is 1200. The number of H-pyrrole nitrogens is 1. The Kier molecular flexibility index (Phi) is 4.48. The van der Waals surface area contributed by atoms with E-state index in [1.807, 2.05) is 6.92 Å². The minimum atomic E-state index is -0.397. The zero-order valence-corrected chi connectivity index (χ0v) is 14.9. The number of hydrogen-bond donors (Lipinski definition) is 2. The van der Waals surface area contributed by atoms with Gasteiger partial charge in [-0.1, -0.05) is 12.1 Å². The summed E-state index contributed by atoms with van der Waals surface area (Å²) in [6.07, 6.45) is 1.53. The maximum atomic E-state index is 12.4. The number of aryl methyl sites for hydroxylation is 1. The zero-order chi connectivity index (χ0) is 19.5. The fraction of sp³-hybridized carbons (Fsp3) is 0.100. The Morgan fingerprint density at radius 2 is 2.18 bits per heavy atom. The van der Waals surface area contributed by atoms with Gasteiger partial charge in [-0.15, -0.1) is 0 Å². The zero-order valence-electron chi connectivity index (χ0n) is 14.9. The molecule has 2 N–H and O–H groups in total. The highest BCUT2D eigenvalue weighted by atomic mass is 16.5. The maximum absolute atomic E-state index is 12.4. The number of furan rings is 1. The van der Waals surface area contributed by atoms with E-state index in [4.69, 9.17) is 14.4 Å². The number of hydrogen-bond acceptors (Lipinski definition) is 6. The van der Waals surface area contributed by atoms with Gasteiger partial charge in [-0.05, 0) is 37.3 Å². The van der Waals surface area contributed by atoms with Crippen LogP contribution in [0.15, 0.2) is 53.1 Å². The van der Waals surface area contributed by atoms with E-state index in [9.17, 15) is 4.79 Å². The average molecular weight is 373 g/mol. The molecule has 0 fully saturated rings. The van der Waals surface area contributed by atoms with Gasteiger partial charge in [-0.2, -0.15) is 10.4 Å². The molecule has 1 amide bonds. The molecule has 1 aromatic carbocycles. The van der Waals surface area contributed by atoms with Crippen LogP contribution in [-0.4, -0.2) is 21.1 Å². The van der Waals surface area contributed by atoms with Crippen LogP contribution < -0.4 is 10.1 Å². The summed E-state index contributed by atoms with van der Waals surface area (Å²) in [5.74, 6) is 0.682. The van der Waals surface area contributed by atoms with E-state index in [-0.39, 0.29) is 12.4 Å². The van der Waals surface area contributed by atoms with Crippen LogP contribution in [0, 0.1) is 18.3 Å². The number of nitrogens with zero attached hydrogens (tertiary/aromatic N) is 3. The van der Waals surface area contributed by atoms with Crippen molar-refractivity contribution in [1.82, 2.24) is 15.2 Å². The molecule has 0 aliphatic carbocycles. The van der Waals surface area contributed by atoms with Gasteiger partial charge in [0, 0.05) is 11.1 Å². The number of pyridine rings is 1. The van der Waals surface area contributed by atoms with Gasteiger partial charge in [0.15, 0.2) is 11.4 Å². The lowest BCUT2D eigenvalue weighted by molar-refractivity contribution is 0.0992. The molecule has 0 atom stereocenters. The molecule has 0 spiro atoms. The number of para-hydroxylation sites is 1. The smallest absolute Gasteiger partial charge is 0.291 e. The first-order valence-electron chi connectivity index (χ1n) is 8.47. The largest absolute Gasteiger partial charge is 0.484 e. The van der Waals surface area contributed by atoms with Crippen LogP contribution in [0.5, 0.6) is 5.75 Å². The normalized spacial score (nSPS) is 10.6. The summed E-state index contributed by atoms with van der Waals surface area (Å²) in [4.78, 5) is 16.6. The van der Waals surface area contributed by atoms with Crippen molar-refractivity contribution in [2.75, 3.05) is 5.32 Å². The summed E-state index contributed by atoms with van der Waals surface area (Å²) in [5, 5.41) is 19.6. The molecule has 0 saturated heterocycles. The number of ether oxygens (including phenoxy) is 1. The fourth-order valence-corrected chi connectivity index (χ4v) is 2.69. The van der Waals surface area contributed by atoms with Crippen molar-refractivity contribution in [3.05, 3.63) is 71.4 Å². The van der Waals surface area contributed by atoms with Crippen LogP contribution in [0.25, 0.3) is 11.0 Å². The van der Waals surface area contributed by atoms with E-state index >= 15 is 0 Å². The molecule has 8 nitrogen and oxygen atoms in total. The second-order valence-electron chi connectivity index (χ2n) is 6.06. The van der Waals surface area contributed by atoms with Gasteiger partial charge >= 0.3 is 0 Å². The molecule has 0 bridgehead atoms. The Labute approximate surface area is 159 Å². The lowest BCUT2D eigenvalue weighted by Gasteiger charge is -2.05. The van der Waals surface area contributed by atoms with Gasteiger partial charge in [-0.25, -0.2) is 4.98 Å². The van der Waals surface area contributed by atoms with Crippen molar-refractivity contribution in [2.45, 2.75) is 13.5 Å². The Morgan fingerprint density at radius 3 is 3.04 bits per heavy atom. The minimum Gasteiger partial charge on any atom is -0.484 e. The molecule has 4 rings (SSSR count). The van der Waals surface area contributed by atoms with E-state index in [1.165, 1.54) is 6.20 Å². The number of nitriles is 1. The van der Waals surface area contributed by atoms with Crippen LogP contribution in [0.1, 0.15) is 27.6 Å². The van der Waals surface area contributed by atoms with Crippen molar-refractivity contribution >= 4 is 22.6 Å². The number of amides is 1. The number of carbonyl (C=O) groups is 1. The summed E-state index contributed by atoms with van der Waals surface area (Å²) in [6, 6.07) is 14.0. The fourth-order valence-electron chi connectivity index (χ4n) is 2.69. The predicted octanol–water partition coefficient (Wildman–Crippen LogP) is 3.56. The standard InChI is InChI=1S/C20H15N5O3/c1-12-16-8-14(10-22-19(16)25-24-12)23-20(26)18-7-6-15(28-18)11-27-17-5-3-2-4-13(17)9-21/h2-8,10H,11H2,1H3,(H,23,26)(H,22,24,25). The molecular formula is C20H15N5O3. The van der Waals surface area contributed by atoms with E-state index in [0.29, 0.717) is 28.4 Å². The number of aromatic nitrogens is 3. The van der Waals surface area contributed by atoms with Crippen LogP contribution in [0.4, 0.5) is 5.69 Å². The van der Waals surface area contributed by atoms with Crippen molar-refractivity contribution in [3.63, 3.8) is 0 Å². The predicted molar refractivity (Wildman–Crippen MR) is 101 cm³/mol. The monoisotopic (exact) mass is 373 g/mol. The first-order valence-corrected chi connectivity index (χ1v) is 8.47. The first-order chi connectivity index (χ1) is 13.6. The van der Waals surface area contributed by atoms with E-state index in [0.717, 1.165) is 11.1 Å². The third-order valence-corrected chi connectivity index (χ3v) is 4.12. The van der Waals surface area contributed by atoms with Gasteiger partial charge in [0.05, 0.1) is 17.4 Å². The van der Waals surface area contributed by atoms with Crippen LogP contribution in [0.3, 0.4) is 0 Å². The minimum absolute atomic E-state index is 0.105. The van der Waals surface area contributed by atoms with Crippen molar-refractivity contribution in [2.24, 2.45) is 0 Å². The van der Waals surface area contributed by atoms with Crippen molar-refractivity contribution in [3.8, 4) is 11.8 Å². The third kappa shape index (κ3) is 3.41. The summed E-state index contributed by atoms with van der Waals surface area (Å²) in [6.45, 7) is 1.99. The van der Waals surface area contributed by atoms with Crippen LogP contribution in [0.2, 0.25) is 0 Å². The molecule has 28 heavy (non-hydrogen) atoms. The van der Waals surface area contributed by atoms with E-state index in [1.54, 1.807) is 42.5 Å². The van der Waals surface area contributed by atoms with Gasteiger partial charge in [0.1, 0.15) is 24.2 Å². The second-order valence-corrected chi connectivity index (χ2v) is 6.06. The SMILES string of the molecule is Cc1[nH]nc2ncc(NC(=O)c3ccc(COc4ccccc4C#N)o3)cc12. The molecule has 8 heteroatoms. The molecule has 0 radical (unpaired) electrons. The van der Waals surface area contributed by atoms with Crippen molar-refractivity contribution < 1.29 is 13.9 Å². The number of aromatic amines is 1. The average Bonchev–Trinajstić information content (AvgIpc) is 3.34. The first kappa shape index (κ1) is 17.3. The Morgan fingerprint density at radius 1 is 1.32 bits per heavy atom. The number of nitrogens with one attached hydrogen (secondary N) is 2. The molecule has 3 heterocycles. The quantitative estimate of drug-likeness (QED) is 0.552. The van der Waals surface area contributed by atoms with Crippen LogP contribution >= 0.6 is 0 Å². The molecule has 0 aliphatic heterocycles. The lowest BCUT2D eigenvalue weighted by Crippen LogP contribution is -2.11. The Balaban J connectivity index is 1.43. The molecular weight excluding hydrogens is 358 g/mol. The summed E-state index contributed by atoms with van der Waals surface area (Å²) >= 11 is 0. The molecule has 0 aliphatic rings. The molecule has 0 saturated carbocycles. The van der Waals surface area contributed by atoms with Gasteiger partial charge in [0.25, 0.3) is 5.91 Å². The number of anilines is 1. The van der Waals surface area contributed by atoms with E-state index < -0.39 is 5.91 Å². The molecule has 138 valence electrons. The van der Waals surface area contributed by atoms with Gasteiger partial charge in [-0.3, -0.25) is 9.89 Å². The topological polar surface area (TPSA) is 117 Å². The maximum Gasteiger partial charge on any atom is 0.291 e. The number of benzene rings is 1. The number of carbonyl (C=O) groups excluding carboxylic acids is 1. The van der Waals surface area contributed by atoms with Crippen molar-refractivity contribution in [1.29, 1.82) is 5.26 Å². The lowest BCUT2D eigenvalue weighted by atomic mass is 10.2. The van der Waals surface area contributed by atoms with Gasteiger partial charge < -0.3 is 14.5 Å².